The average Bonchev–Trinajstić information content (AvgIpc) is 2.78. The van der Waals surface area contributed by atoms with Crippen LogP contribution in [0.2, 0.25) is 0 Å². The molecule has 4 rings (SSSR count). The molecule has 1 saturated heterocycles. The van der Waals surface area contributed by atoms with Gasteiger partial charge >= 0.3 is 6.18 Å². The number of halogens is 3. The Morgan fingerprint density at radius 2 is 1.89 bits per heavy atom. The van der Waals surface area contributed by atoms with Gasteiger partial charge in [-0.1, -0.05) is 30.3 Å². The number of ether oxygens (including phenoxy) is 1. The fraction of sp³-hybridized carbons (Fsp3) is 0.500. The number of rotatable bonds is 9. The summed E-state index contributed by atoms with van der Waals surface area (Å²) in [6.07, 6.45) is -3.58. The van der Waals surface area contributed by atoms with Crippen LogP contribution in [0, 0.1) is 0 Å². The molecule has 0 aliphatic carbocycles. The van der Waals surface area contributed by atoms with Crippen LogP contribution in [-0.4, -0.2) is 80.1 Å². The fourth-order valence-corrected chi connectivity index (χ4v) is 4.58. The average molecular weight is 491 g/mol. The smallest absolute Gasteiger partial charge is 0.378 e. The number of nitrogens with one attached hydrogen (secondary N) is 1. The van der Waals surface area contributed by atoms with Crippen LogP contribution in [0.15, 0.2) is 42.5 Å². The monoisotopic (exact) mass is 490 g/mol. The third kappa shape index (κ3) is 6.34. The van der Waals surface area contributed by atoms with Gasteiger partial charge in [-0.05, 0) is 49.3 Å². The highest BCUT2D eigenvalue weighted by atomic mass is 19.4. The largest absolute Gasteiger partial charge is 0.416 e. The second-order valence-electron chi connectivity index (χ2n) is 9.48. The maximum absolute atomic E-state index is 13.5. The molecule has 2 aliphatic heterocycles. The summed E-state index contributed by atoms with van der Waals surface area (Å²) in [5, 5.41) is 3.27. The summed E-state index contributed by atoms with van der Waals surface area (Å²) in [6.45, 7) is 4.19. The van der Waals surface area contributed by atoms with Crippen molar-refractivity contribution < 1.29 is 22.7 Å². The van der Waals surface area contributed by atoms with Crippen LogP contribution in [0.3, 0.4) is 0 Å². The number of hydrogen-bond acceptors (Lipinski definition) is 5. The molecule has 2 heterocycles. The molecule has 0 unspecified atom stereocenters. The normalized spacial score (nSPS) is 16.6. The molecule has 1 N–H and O–H groups in total. The summed E-state index contributed by atoms with van der Waals surface area (Å²) in [5.41, 5.74) is 2.77. The molecule has 2 aliphatic rings. The van der Waals surface area contributed by atoms with Crippen LogP contribution in [0.4, 0.5) is 18.9 Å². The van der Waals surface area contributed by atoms with Gasteiger partial charge in [0.1, 0.15) is 0 Å². The van der Waals surface area contributed by atoms with E-state index < -0.39 is 11.7 Å². The Kier molecular flexibility index (Phi) is 7.98. The molecule has 2 aromatic rings. The number of likely N-dealkylation sites (N-methyl/N-ethyl adjacent to an activating group) is 1. The van der Waals surface area contributed by atoms with Crippen LogP contribution in [0.25, 0.3) is 0 Å². The van der Waals surface area contributed by atoms with Gasteiger partial charge in [0.2, 0.25) is 5.91 Å². The Balaban J connectivity index is 1.45. The number of benzene rings is 2. The van der Waals surface area contributed by atoms with E-state index >= 15 is 0 Å². The molecule has 0 aromatic heterocycles. The van der Waals surface area contributed by atoms with Crippen molar-refractivity contribution in [3.63, 3.8) is 0 Å². The van der Waals surface area contributed by atoms with Crippen LogP contribution in [0.5, 0.6) is 0 Å². The van der Waals surface area contributed by atoms with E-state index in [0.717, 1.165) is 44.5 Å². The first-order chi connectivity index (χ1) is 16.7. The van der Waals surface area contributed by atoms with E-state index in [0.29, 0.717) is 19.1 Å². The molecule has 190 valence electrons. The number of alkyl halides is 3. The first-order valence-electron chi connectivity index (χ1n) is 12.0. The van der Waals surface area contributed by atoms with Crippen molar-refractivity contribution in [2.75, 3.05) is 58.8 Å². The summed E-state index contributed by atoms with van der Waals surface area (Å²) in [7, 11) is 3.75. The third-order valence-electron chi connectivity index (χ3n) is 6.72. The molecule has 0 radical (unpaired) electrons. The van der Waals surface area contributed by atoms with Gasteiger partial charge in [0, 0.05) is 38.4 Å². The van der Waals surface area contributed by atoms with Crippen LogP contribution >= 0.6 is 0 Å². The zero-order chi connectivity index (χ0) is 25.0. The van der Waals surface area contributed by atoms with Crippen molar-refractivity contribution in [2.45, 2.75) is 31.7 Å². The van der Waals surface area contributed by atoms with Gasteiger partial charge in [-0.15, -0.1) is 0 Å². The topological polar surface area (TPSA) is 48.0 Å². The molecule has 0 spiro atoms. The lowest BCUT2D eigenvalue weighted by molar-refractivity contribution is -0.139. The first kappa shape index (κ1) is 25.5. The highest BCUT2D eigenvalue weighted by molar-refractivity contribution is 5.81. The number of nitrogens with zero attached hydrogens (tertiary/aromatic N) is 3. The highest BCUT2D eigenvalue weighted by Crippen LogP contribution is 2.32. The third-order valence-corrected chi connectivity index (χ3v) is 6.72. The van der Waals surface area contributed by atoms with E-state index in [2.05, 4.69) is 16.3 Å². The number of anilines is 1. The number of carbonyl (C=O) groups excluding carboxylic acids is 1. The summed E-state index contributed by atoms with van der Waals surface area (Å²) in [5.74, 6) is -0.231. The lowest BCUT2D eigenvalue weighted by Gasteiger charge is -2.40. The molecule has 2 aromatic carbocycles. The zero-order valence-electron chi connectivity index (χ0n) is 20.3. The molecular formula is C26H33F3N4O2. The fourth-order valence-electron chi connectivity index (χ4n) is 4.58. The van der Waals surface area contributed by atoms with Gasteiger partial charge in [-0.3, -0.25) is 9.69 Å². The van der Waals surface area contributed by atoms with E-state index in [9.17, 15) is 18.0 Å². The van der Waals surface area contributed by atoms with Gasteiger partial charge in [0.15, 0.2) is 0 Å². The van der Waals surface area contributed by atoms with Gasteiger partial charge in [-0.2, -0.15) is 13.2 Å². The van der Waals surface area contributed by atoms with Crippen LogP contribution in [0.1, 0.15) is 22.3 Å². The maximum Gasteiger partial charge on any atom is 0.416 e. The lowest BCUT2D eigenvalue weighted by Crippen LogP contribution is -2.50. The Morgan fingerprint density at radius 3 is 2.57 bits per heavy atom. The summed E-state index contributed by atoms with van der Waals surface area (Å²) in [4.78, 5) is 19.0. The Labute approximate surface area is 204 Å². The van der Waals surface area contributed by atoms with Crippen molar-refractivity contribution in [1.82, 2.24) is 14.7 Å². The van der Waals surface area contributed by atoms with E-state index in [1.807, 2.05) is 31.1 Å². The second-order valence-corrected chi connectivity index (χ2v) is 9.48. The minimum atomic E-state index is -4.46. The quantitative estimate of drug-likeness (QED) is 0.584. The summed E-state index contributed by atoms with van der Waals surface area (Å²) < 4.78 is 45.9. The number of carbonyl (C=O) groups is 1. The minimum Gasteiger partial charge on any atom is -0.378 e. The van der Waals surface area contributed by atoms with E-state index in [1.54, 1.807) is 6.07 Å². The van der Waals surface area contributed by atoms with E-state index in [1.165, 1.54) is 28.2 Å². The van der Waals surface area contributed by atoms with Crippen molar-refractivity contribution >= 4 is 11.6 Å². The maximum atomic E-state index is 13.5. The summed E-state index contributed by atoms with van der Waals surface area (Å²) >= 11 is 0. The zero-order valence-corrected chi connectivity index (χ0v) is 20.3. The molecule has 1 amide bonds. The molecule has 35 heavy (non-hydrogen) atoms. The molecule has 0 saturated carbocycles. The van der Waals surface area contributed by atoms with Crippen LogP contribution < -0.4 is 5.32 Å². The van der Waals surface area contributed by atoms with E-state index in [4.69, 9.17) is 4.74 Å². The minimum absolute atomic E-state index is 0.0260. The predicted octanol–water partition coefficient (Wildman–Crippen LogP) is 3.46. The SMILES string of the molecule is CN(C)CCN(Cc1ccccc1C(F)(F)F)C(=O)CNc1cccc2c1CCN(C1COC1)C2. The van der Waals surface area contributed by atoms with Gasteiger partial charge < -0.3 is 19.9 Å². The first-order valence-corrected chi connectivity index (χ1v) is 12.0. The van der Waals surface area contributed by atoms with Crippen molar-refractivity contribution in [1.29, 1.82) is 0 Å². The number of hydrogen-bond donors (Lipinski definition) is 1. The standard InChI is InChI=1S/C26H33F3N4O2/c1-31(2)12-13-33(16-20-6-3-4-8-23(20)26(27,28)29)25(34)14-30-24-9-5-7-19-15-32(11-10-22(19)24)21-17-35-18-21/h3-9,21,30H,10-18H2,1-2H3. The molecular weight excluding hydrogens is 457 g/mol. The van der Waals surface area contributed by atoms with Gasteiger partial charge in [0.05, 0.1) is 31.4 Å². The lowest BCUT2D eigenvalue weighted by atomic mass is 9.96. The second kappa shape index (κ2) is 11.0. The highest BCUT2D eigenvalue weighted by Gasteiger charge is 2.34. The molecule has 0 atom stereocenters. The predicted molar refractivity (Wildman–Crippen MR) is 129 cm³/mol. The molecule has 9 heteroatoms. The Hall–Kier alpha value is -2.62. The number of fused-ring (bicyclic) bond motifs is 1. The Bertz CT molecular complexity index is 1020. The molecule has 1 fully saturated rings. The van der Waals surface area contributed by atoms with Crippen molar-refractivity contribution in [3.8, 4) is 0 Å². The van der Waals surface area contributed by atoms with Crippen LogP contribution in [-0.2, 0) is 35.2 Å². The Morgan fingerprint density at radius 1 is 1.11 bits per heavy atom. The van der Waals surface area contributed by atoms with E-state index in [-0.39, 0.29) is 24.6 Å². The van der Waals surface area contributed by atoms with Crippen molar-refractivity contribution in [2.24, 2.45) is 0 Å². The number of amides is 1. The van der Waals surface area contributed by atoms with Gasteiger partial charge in [0.25, 0.3) is 0 Å². The summed E-state index contributed by atoms with van der Waals surface area (Å²) in [6, 6.07) is 12.0. The molecule has 0 bridgehead atoms. The molecule has 6 nitrogen and oxygen atoms in total. The van der Waals surface area contributed by atoms with Gasteiger partial charge in [-0.25, -0.2) is 0 Å². The van der Waals surface area contributed by atoms with Crippen molar-refractivity contribution in [3.05, 3.63) is 64.7 Å².